The van der Waals surface area contributed by atoms with Crippen LogP contribution in [0.5, 0.6) is 0 Å². The van der Waals surface area contributed by atoms with E-state index in [1.165, 1.54) is 0 Å². The fraction of sp³-hybridized carbons (Fsp3) is 0.200. The molecule has 0 fully saturated rings. The highest BCUT2D eigenvalue weighted by Gasteiger charge is 2.26. The van der Waals surface area contributed by atoms with Gasteiger partial charge in [-0.2, -0.15) is 5.10 Å². The fourth-order valence-electron chi connectivity index (χ4n) is 3.19. The van der Waals surface area contributed by atoms with Gasteiger partial charge in [-0.25, -0.2) is 0 Å². The average Bonchev–Trinajstić information content (AvgIpc) is 3.05. The van der Waals surface area contributed by atoms with Crippen LogP contribution in [-0.2, 0) is 13.0 Å². The number of rotatable bonds is 2. The first kappa shape index (κ1) is 15.9. The SMILES string of the molecule is Cc1ccc(C(=O)N2CCc3[nH]nc(-c4ccc(Cl)cc4)c3C2)cc1. The van der Waals surface area contributed by atoms with E-state index in [4.69, 9.17) is 11.6 Å². The number of fused-ring (bicyclic) bond motifs is 1. The maximum absolute atomic E-state index is 12.8. The van der Waals surface area contributed by atoms with Crippen LogP contribution < -0.4 is 0 Å². The second-order valence-corrected chi connectivity index (χ2v) is 6.82. The lowest BCUT2D eigenvalue weighted by molar-refractivity contribution is 0.0734. The van der Waals surface area contributed by atoms with Gasteiger partial charge >= 0.3 is 0 Å². The number of H-pyrrole nitrogens is 1. The maximum atomic E-state index is 12.8. The number of halogens is 1. The topological polar surface area (TPSA) is 49.0 Å². The highest BCUT2D eigenvalue weighted by molar-refractivity contribution is 6.30. The first-order valence-electron chi connectivity index (χ1n) is 8.30. The fourth-order valence-corrected chi connectivity index (χ4v) is 3.32. The summed E-state index contributed by atoms with van der Waals surface area (Å²) in [5, 5.41) is 8.29. The quantitative estimate of drug-likeness (QED) is 0.750. The predicted molar refractivity (Wildman–Crippen MR) is 98.7 cm³/mol. The van der Waals surface area contributed by atoms with E-state index in [1.807, 2.05) is 60.4 Å². The number of carbonyl (C=O) groups is 1. The van der Waals surface area contributed by atoms with E-state index >= 15 is 0 Å². The van der Waals surface area contributed by atoms with Gasteiger partial charge in [0.25, 0.3) is 5.91 Å². The molecule has 1 aromatic heterocycles. The van der Waals surface area contributed by atoms with Crippen LogP contribution in [0.4, 0.5) is 0 Å². The minimum Gasteiger partial charge on any atom is -0.334 e. The van der Waals surface area contributed by atoms with Crippen molar-refractivity contribution in [2.45, 2.75) is 19.9 Å². The molecular weight excluding hydrogens is 334 g/mol. The summed E-state index contributed by atoms with van der Waals surface area (Å²) in [6, 6.07) is 15.4. The maximum Gasteiger partial charge on any atom is 0.254 e. The average molecular weight is 352 g/mol. The van der Waals surface area contributed by atoms with Gasteiger partial charge in [-0.1, -0.05) is 41.4 Å². The van der Waals surface area contributed by atoms with E-state index in [0.29, 0.717) is 18.1 Å². The number of carbonyl (C=O) groups excluding carboxylic acids is 1. The molecule has 25 heavy (non-hydrogen) atoms. The number of benzene rings is 2. The van der Waals surface area contributed by atoms with E-state index in [1.54, 1.807) is 0 Å². The molecule has 2 aromatic carbocycles. The van der Waals surface area contributed by atoms with Gasteiger partial charge in [0.15, 0.2) is 0 Å². The second kappa shape index (κ2) is 6.37. The number of nitrogens with zero attached hydrogens (tertiary/aromatic N) is 2. The molecule has 0 bridgehead atoms. The summed E-state index contributed by atoms with van der Waals surface area (Å²) in [6.45, 7) is 3.28. The summed E-state index contributed by atoms with van der Waals surface area (Å²) >= 11 is 5.98. The Bertz CT molecular complexity index is 913. The molecule has 0 spiro atoms. The van der Waals surface area contributed by atoms with Gasteiger partial charge in [0.05, 0.1) is 5.69 Å². The van der Waals surface area contributed by atoms with Gasteiger partial charge in [0.2, 0.25) is 0 Å². The van der Waals surface area contributed by atoms with Crippen molar-refractivity contribution in [2.75, 3.05) is 6.54 Å². The van der Waals surface area contributed by atoms with Crippen LogP contribution in [0, 0.1) is 6.92 Å². The normalized spacial score (nSPS) is 13.6. The highest BCUT2D eigenvalue weighted by Crippen LogP contribution is 2.29. The lowest BCUT2D eigenvalue weighted by atomic mass is 10.0. The summed E-state index contributed by atoms with van der Waals surface area (Å²) in [5.74, 6) is 0.0638. The van der Waals surface area contributed by atoms with Crippen molar-refractivity contribution in [1.82, 2.24) is 15.1 Å². The van der Waals surface area contributed by atoms with Crippen molar-refractivity contribution in [3.8, 4) is 11.3 Å². The molecule has 4 nitrogen and oxygen atoms in total. The Morgan fingerprint density at radius 3 is 2.56 bits per heavy atom. The lowest BCUT2D eigenvalue weighted by Crippen LogP contribution is -2.35. The Hall–Kier alpha value is -2.59. The van der Waals surface area contributed by atoms with Crippen LogP contribution >= 0.6 is 11.6 Å². The molecule has 4 rings (SSSR count). The van der Waals surface area contributed by atoms with Crippen LogP contribution in [0.25, 0.3) is 11.3 Å². The second-order valence-electron chi connectivity index (χ2n) is 6.38. The highest BCUT2D eigenvalue weighted by atomic mass is 35.5. The Kier molecular flexibility index (Phi) is 4.06. The molecule has 0 saturated heterocycles. The van der Waals surface area contributed by atoms with Crippen molar-refractivity contribution in [1.29, 1.82) is 0 Å². The van der Waals surface area contributed by atoms with Crippen molar-refractivity contribution in [3.05, 3.63) is 75.9 Å². The first-order chi connectivity index (χ1) is 12.1. The monoisotopic (exact) mass is 351 g/mol. The molecule has 3 aromatic rings. The predicted octanol–water partition coefficient (Wildman–Crippen LogP) is 4.24. The smallest absolute Gasteiger partial charge is 0.254 e. The summed E-state index contributed by atoms with van der Waals surface area (Å²) in [6.07, 6.45) is 0.785. The van der Waals surface area contributed by atoms with E-state index in [-0.39, 0.29) is 5.91 Å². The number of hydrogen-bond donors (Lipinski definition) is 1. The summed E-state index contributed by atoms with van der Waals surface area (Å²) in [7, 11) is 0. The van der Waals surface area contributed by atoms with Gasteiger partial charge in [0.1, 0.15) is 0 Å². The van der Waals surface area contributed by atoms with Crippen molar-refractivity contribution in [3.63, 3.8) is 0 Å². The first-order valence-corrected chi connectivity index (χ1v) is 8.67. The molecule has 126 valence electrons. The molecule has 0 unspecified atom stereocenters. The van der Waals surface area contributed by atoms with Gasteiger partial charge < -0.3 is 4.90 Å². The zero-order valence-electron chi connectivity index (χ0n) is 13.9. The molecular formula is C20H18ClN3O. The molecule has 1 aliphatic heterocycles. The molecule has 1 amide bonds. The molecule has 5 heteroatoms. The lowest BCUT2D eigenvalue weighted by Gasteiger charge is -2.27. The van der Waals surface area contributed by atoms with Crippen LogP contribution in [0.3, 0.4) is 0 Å². The largest absolute Gasteiger partial charge is 0.334 e. The summed E-state index contributed by atoms with van der Waals surface area (Å²) in [5.41, 5.74) is 5.98. The number of amides is 1. The Labute approximate surface area is 151 Å². The van der Waals surface area contributed by atoms with Gasteiger partial charge in [-0.3, -0.25) is 9.89 Å². The Morgan fingerprint density at radius 1 is 1.12 bits per heavy atom. The Morgan fingerprint density at radius 2 is 1.84 bits per heavy atom. The molecule has 1 N–H and O–H groups in total. The molecule has 2 heterocycles. The van der Waals surface area contributed by atoms with E-state index < -0.39 is 0 Å². The van der Waals surface area contributed by atoms with Crippen LogP contribution in [0.2, 0.25) is 5.02 Å². The van der Waals surface area contributed by atoms with E-state index in [9.17, 15) is 4.79 Å². The molecule has 0 aliphatic carbocycles. The number of hydrogen-bond acceptors (Lipinski definition) is 2. The zero-order valence-corrected chi connectivity index (χ0v) is 14.7. The van der Waals surface area contributed by atoms with Gasteiger partial charge in [-0.15, -0.1) is 0 Å². The Balaban J connectivity index is 1.62. The third kappa shape index (κ3) is 3.05. The number of nitrogens with one attached hydrogen (secondary N) is 1. The minimum absolute atomic E-state index is 0.0638. The zero-order chi connectivity index (χ0) is 17.4. The minimum atomic E-state index is 0.0638. The number of aromatic amines is 1. The standard InChI is InChI=1S/C20H18ClN3O/c1-13-2-4-15(5-3-13)20(25)24-11-10-18-17(12-24)19(23-22-18)14-6-8-16(21)9-7-14/h2-9H,10-12H2,1H3,(H,22,23). The number of aryl methyl sites for hydroxylation is 1. The van der Waals surface area contributed by atoms with Crippen molar-refractivity contribution in [2.24, 2.45) is 0 Å². The van der Waals surface area contributed by atoms with Crippen LogP contribution in [0.15, 0.2) is 48.5 Å². The van der Waals surface area contributed by atoms with Gasteiger partial charge in [0, 0.05) is 46.9 Å². The van der Waals surface area contributed by atoms with Crippen LogP contribution in [-0.4, -0.2) is 27.5 Å². The summed E-state index contributed by atoms with van der Waals surface area (Å²) in [4.78, 5) is 14.7. The van der Waals surface area contributed by atoms with Crippen molar-refractivity contribution < 1.29 is 4.79 Å². The van der Waals surface area contributed by atoms with E-state index in [0.717, 1.165) is 40.1 Å². The van der Waals surface area contributed by atoms with Crippen LogP contribution in [0.1, 0.15) is 27.2 Å². The molecule has 0 radical (unpaired) electrons. The van der Waals surface area contributed by atoms with Gasteiger partial charge in [-0.05, 0) is 31.2 Å². The number of aromatic nitrogens is 2. The molecule has 1 aliphatic rings. The molecule has 0 saturated carbocycles. The summed E-state index contributed by atoms with van der Waals surface area (Å²) < 4.78 is 0. The third-order valence-corrected chi connectivity index (χ3v) is 4.89. The molecule has 0 atom stereocenters. The van der Waals surface area contributed by atoms with Crippen molar-refractivity contribution >= 4 is 17.5 Å². The van der Waals surface area contributed by atoms with E-state index in [2.05, 4.69) is 10.2 Å². The third-order valence-electron chi connectivity index (χ3n) is 4.64.